The lowest BCUT2D eigenvalue weighted by atomic mass is 9.76. The maximum absolute atomic E-state index is 14.3. The number of halogens is 3. The second-order valence-electron chi connectivity index (χ2n) is 6.46. The molecule has 100 valence electrons. The van der Waals surface area contributed by atoms with Crippen LogP contribution in [0.5, 0.6) is 0 Å². The van der Waals surface area contributed by atoms with E-state index in [1.807, 2.05) is 26.8 Å². The second kappa shape index (κ2) is 4.66. The summed E-state index contributed by atoms with van der Waals surface area (Å²) < 4.78 is 40.5. The summed E-state index contributed by atoms with van der Waals surface area (Å²) in [4.78, 5) is 0. The van der Waals surface area contributed by atoms with Gasteiger partial charge >= 0.3 is 0 Å². The number of rotatable bonds is 2. The van der Waals surface area contributed by atoms with Gasteiger partial charge in [0.05, 0.1) is 0 Å². The van der Waals surface area contributed by atoms with Gasteiger partial charge in [0.2, 0.25) is 5.92 Å². The molecule has 0 aliphatic heterocycles. The summed E-state index contributed by atoms with van der Waals surface area (Å²) in [6.07, 6.45) is 4.40. The highest BCUT2D eigenvalue weighted by Crippen LogP contribution is 2.42. The van der Waals surface area contributed by atoms with Crippen molar-refractivity contribution in [1.82, 2.24) is 0 Å². The summed E-state index contributed by atoms with van der Waals surface area (Å²) in [7, 11) is 0. The summed E-state index contributed by atoms with van der Waals surface area (Å²) in [5, 5.41) is 0. The molecule has 17 heavy (non-hydrogen) atoms. The van der Waals surface area contributed by atoms with Crippen molar-refractivity contribution in [2.45, 2.75) is 65.0 Å². The van der Waals surface area contributed by atoms with Gasteiger partial charge < -0.3 is 0 Å². The van der Waals surface area contributed by atoms with Crippen LogP contribution >= 0.6 is 0 Å². The van der Waals surface area contributed by atoms with Crippen molar-refractivity contribution >= 4 is 0 Å². The molecule has 1 rings (SSSR count). The van der Waals surface area contributed by atoms with Crippen LogP contribution in [0.15, 0.2) is 12.2 Å². The van der Waals surface area contributed by atoms with E-state index in [9.17, 15) is 13.2 Å². The van der Waals surface area contributed by atoms with E-state index in [0.717, 1.165) is 6.92 Å². The second-order valence-corrected chi connectivity index (χ2v) is 6.46. The Balaban J connectivity index is 2.59. The summed E-state index contributed by atoms with van der Waals surface area (Å²) in [5.74, 6) is -3.33. The molecule has 0 radical (unpaired) electrons. The molecule has 0 unspecified atom stereocenters. The van der Waals surface area contributed by atoms with E-state index < -0.39 is 17.5 Å². The van der Waals surface area contributed by atoms with Gasteiger partial charge in [0.25, 0.3) is 0 Å². The van der Waals surface area contributed by atoms with E-state index >= 15 is 0 Å². The average Bonchev–Trinajstić information content (AvgIpc) is 2.13. The van der Waals surface area contributed by atoms with Crippen LogP contribution in [0, 0.1) is 11.3 Å². The fourth-order valence-corrected chi connectivity index (χ4v) is 2.17. The fraction of sp³-hybridized carbons (Fsp3) is 0.857. The van der Waals surface area contributed by atoms with Crippen molar-refractivity contribution in [3.05, 3.63) is 12.2 Å². The molecule has 0 N–H and O–H groups in total. The van der Waals surface area contributed by atoms with Crippen molar-refractivity contribution in [1.29, 1.82) is 0 Å². The SMILES string of the molecule is CC(C)(C)/C=C/C1(F)CCC(C(C)(F)F)CC1. The van der Waals surface area contributed by atoms with Crippen LogP contribution < -0.4 is 0 Å². The third-order valence-electron chi connectivity index (χ3n) is 3.42. The molecule has 0 atom stereocenters. The minimum absolute atomic E-state index is 0.0648. The summed E-state index contributed by atoms with van der Waals surface area (Å²) in [6.45, 7) is 6.93. The Kier molecular flexibility index (Phi) is 4.00. The Labute approximate surface area is 102 Å². The number of allylic oxidation sites excluding steroid dienone is 2. The van der Waals surface area contributed by atoms with Gasteiger partial charge in [-0.25, -0.2) is 13.2 Å². The average molecular weight is 248 g/mol. The van der Waals surface area contributed by atoms with Gasteiger partial charge in [-0.2, -0.15) is 0 Å². The Hall–Kier alpha value is -0.470. The van der Waals surface area contributed by atoms with Gasteiger partial charge in [0.1, 0.15) is 5.67 Å². The highest BCUT2D eigenvalue weighted by Gasteiger charge is 2.41. The highest BCUT2D eigenvalue weighted by atomic mass is 19.3. The van der Waals surface area contributed by atoms with Crippen LogP contribution in [-0.2, 0) is 0 Å². The Morgan fingerprint density at radius 3 is 1.88 bits per heavy atom. The van der Waals surface area contributed by atoms with E-state index in [2.05, 4.69) is 0 Å². The van der Waals surface area contributed by atoms with E-state index in [-0.39, 0.29) is 31.1 Å². The molecule has 0 saturated heterocycles. The molecule has 1 fully saturated rings. The Morgan fingerprint density at radius 1 is 1.06 bits per heavy atom. The molecule has 0 amide bonds. The predicted molar refractivity (Wildman–Crippen MR) is 65.0 cm³/mol. The zero-order valence-corrected chi connectivity index (χ0v) is 11.2. The molecule has 3 heteroatoms. The van der Waals surface area contributed by atoms with Gasteiger partial charge in [-0.3, -0.25) is 0 Å². The molecule has 0 aromatic heterocycles. The minimum atomic E-state index is -2.67. The van der Waals surface area contributed by atoms with E-state index in [0.29, 0.717) is 0 Å². The molecule has 0 nitrogen and oxygen atoms in total. The molecule has 1 aliphatic carbocycles. The first kappa shape index (κ1) is 14.6. The largest absolute Gasteiger partial charge is 0.248 e. The van der Waals surface area contributed by atoms with Crippen LogP contribution in [-0.4, -0.2) is 11.6 Å². The summed E-state index contributed by atoms with van der Waals surface area (Å²) in [6, 6.07) is 0. The molecule has 1 aliphatic rings. The molecule has 0 aromatic carbocycles. The van der Waals surface area contributed by atoms with Gasteiger partial charge in [0.15, 0.2) is 0 Å². The van der Waals surface area contributed by atoms with Crippen LogP contribution in [0.3, 0.4) is 0 Å². The van der Waals surface area contributed by atoms with Gasteiger partial charge in [-0.15, -0.1) is 0 Å². The zero-order chi connectivity index (χ0) is 13.3. The van der Waals surface area contributed by atoms with Gasteiger partial charge in [-0.05, 0) is 38.0 Å². The lowest BCUT2D eigenvalue weighted by molar-refractivity contribution is -0.0659. The molecule has 0 aromatic rings. The normalized spacial score (nSPS) is 32.1. The number of alkyl halides is 3. The Morgan fingerprint density at radius 2 is 1.53 bits per heavy atom. The molecule has 0 bridgehead atoms. The first-order valence-electron chi connectivity index (χ1n) is 6.29. The Bertz CT molecular complexity index is 273. The number of hydrogen-bond acceptors (Lipinski definition) is 0. The molecule has 0 heterocycles. The molecular weight excluding hydrogens is 225 g/mol. The summed E-state index contributed by atoms with van der Waals surface area (Å²) >= 11 is 0. The maximum Gasteiger partial charge on any atom is 0.248 e. The third-order valence-corrected chi connectivity index (χ3v) is 3.42. The lowest BCUT2D eigenvalue weighted by Gasteiger charge is -2.35. The predicted octanol–water partition coefficient (Wildman–Crippen LogP) is 5.14. The quantitative estimate of drug-likeness (QED) is 0.593. The third kappa shape index (κ3) is 4.72. The summed E-state index contributed by atoms with van der Waals surface area (Å²) in [5.41, 5.74) is -1.44. The molecular formula is C14H23F3. The van der Waals surface area contributed by atoms with Crippen molar-refractivity contribution < 1.29 is 13.2 Å². The van der Waals surface area contributed by atoms with Crippen LogP contribution in [0.1, 0.15) is 53.4 Å². The van der Waals surface area contributed by atoms with Crippen LogP contribution in [0.2, 0.25) is 0 Å². The van der Waals surface area contributed by atoms with Crippen molar-refractivity contribution in [3.63, 3.8) is 0 Å². The highest BCUT2D eigenvalue weighted by molar-refractivity contribution is 5.07. The van der Waals surface area contributed by atoms with E-state index in [1.165, 1.54) is 0 Å². The van der Waals surface area contributed by atoms with Crippen molar-refractivity contribution in [2.75, 3.05) is 0 Å². The number of hydrogen-bond donors (Lipinski definition) is 0. The first-order chi connectivity index (χ1) is 7.52. The van der Waals surface area contributed by atoms with Crippen LogP contribution in [0.4, 0.5) is 13.2 Å². The first-order valence-corrected chi connectivity index (χ1v) is 6.29. The topological polar surface area (TPSA) is 0 Å². The smallest absolute Gasteiger partial charge is 0.239 e. The minimum Gasteiger partial charge on any atom is -0.239 e. The van der Waals surface area contributed by atoms with E-state index in [1.54, 1.807) is 6.08 Å². The van der Waals surface area contributed by atoms with Crippen LogP contribution in [0.25, 0.3) is 0 Å². The maximum atomic E-state index is 14.3. The van der Waals surface area contributed by atoms with E-state index in [4.69, 9.17) is 0 Å². The standard InChI is InChI=1S/C14H23F3/c1-12(2,3)9-10-14(17)7-5-11(6-8-14)13(4,15)16/h9-11H,5-8H2,1-4H3/b10-9+. The zero-order valence-electron chi connectivity index (χ0n) is 11.2. The fourth-order valence-electron chi connectivity index (χ4n) is 2.17. The molecule has 0 spiro atoms. The lowest BCUT2D eigenvalue weighted by Crippen LogP contribution is -2.34. The van der Waals surface area contributed by atoms with Gasteiger partial charge in [-0.1, -0.05) is 32.9 Å². The van der Waals surface area contributed by atoms with Gasteiger partial charge in [0, 0.05) is 5.92 Å². The van der Waals surface area contributed by atoms with Crippen molar-refractivity contribution in [3.8, 4) is 0 Å². The van der Waals surface area contributed by atoms with Crippen molar-refractivity contribution in [2.24, 2.45) is 11.3 Å². The molecule has 1 saturated carbocycles. The monoisotopic (exact) mass is 248 g/mol.